The van der Waals surface area contributed by atoms with Crippen molar-refractivity contribution in [2.75, 3.05) is 0 Å². The average Bonchev–Trinajstić information content (AvgIpc) is 1.98. The third-order valence-corrected chi connectivity index (χ3v) is 17.5. The van der Waals surface area contributed by atoms with Crippen molar-refractivity contribution in [2.24, 2.45) is 0 Å². The largest absolute Gasteiger partial charge is 0.328 e. The fourth-order valence-corrected chi connectivity index (χ4v) is 10.2. The predicted molar refractivity (Wildman–Crippen MR) is 78.0 cm³/mol. The van der Waals surface area contributed by atoms with E-state index in [9.17, 15) is 5.21 Å². The molecule has 98 valence electrons. The molecule has 2 nitrogen and oxygen atoms in total. The van der Waals surface area contributed by atoms with Gasteiger partial charge in [-0.1, -0.05) is 67.7 Å². The van der Waals surface area contributed by atoms with Gasteiger partial charge in [0.25, 0.3) is 0 Å². The summed E-state index contributed by atoms with van der Waals surface area (Å²) in [5.74, 6) is 0. The molecule has 0 aromatic rings. The molecule has 0 aliphatic carbocycles. The molecule has 0 spiro atoms. The Hall–Kier alpha value is 0.354. The number of nitrogens with zero attached hydrogens (tertiary/aromatic N) is 1. The van der Waals surface area contributed by atoms with Crippen LogP contribution in [0.2, 0.25) is 36.3 Å². The van der Waals surface area contributed by atoms with E-state index in [1.807, 2.05) is 4.39 Å². The summed E-state index contributed by atoms with van der Waals surface area (Å²) >= 11 is 0. The molecule has 0 aromatic carbocycles. The van der Waals surface area contributed by atoms with E-state index in [0.29, 0.717) is 0 Å². The molecule has 0 aromatic heterocycles. The van der Waals surface area contributed by atoms with Crippen molar-refractivity contribution >= 4 is 16.5 Å². The highest BCUT2D eigenvalue weighted by Gasteiger charge is 2.51. The van der Waals surface area contributed by atoms with Crippen molar-refractivity contribution in [3.63, 3.8) is 0 Å². The Morgan fingerprint density at radius 1 is 0.688 bits per heavy atom. The lowest BCUT2D eigenvalue weighted by molar-refractivity contribution is 0.0591. The van der Waals surface area contributed by atoms with Crippen LogP contribution < -0.4 is 0 Å². The Morgan fingerprint density at radius 2 is 0.875 bits per heavy atom. The van der Waals surface area contributed by atoms with Crippen LogP contribution in [0.3, 0.4) is 0 Å². The van der Waals surface area contributed by atoms with Gasteiger partial charge < -0.3 is 5.21 Å². The summed E-state index contributed by atoms with van der Waals surface area (Å²) < 4.78 is 1.82. The van der Waals surface area contributed by atoms with Gasteiger partial charge >= 0.3 is 0 Å². The van der Waals surface area contributed by atoms with Gasteiger partial charge in [0.1, 0.15) is 16.5 Å². The summed E-state index contributed by atoms with van der Waals surface area (Å²) in [4.78, 5) is 0. The lowest BCUT2D eigenvalue weighted by Crippen LogP contribution is -2.66. The van der Waals surface area contributed by atoms with E-state index in [0.717, 1.165) is 0 Å². The van der Waals surface area contributed by atoms with Gasteiger partial charge in [-0.05, 0) is 10.1 Å². The summed E-state index contributed by atoms with van der Waals surface area (Å²) in [6.45, 7) is 22.6. The molecule has 0 amide bonds. The minimum atomic E-state index is -1.80. The SMILES string of the molecule is CC(C)(C)[Si](C)(C)N(O)[Si](C)(C)C(C)(C)C. The van der Waals surface area contributed by atoms with Gasteiger partial charge in [0, 0.05) is 0 Å². The third kappa shape index (κ3) is 2.78. The first-order valence-corrected chi connectivity index (χ1v) is 12.0. The second-order valence-corrected chi connectivity index (χ2v) is 18.5. The van der Waals surface area contributed by atoms with E-state index in [-0.39, 0.29) is 10.1 Å². The molecule has 0 aliphatic heterocycles. The minimum Gasteiger partial charge on any atom is -0.328 e. The van der Waals surface area contributed by atoms with Crippen LogP contribution in [0.4, 0.5) is 0 Å². The van der Waals surface area contributed by atoms with Gasteiger partial charge in [-0.15, -0.1) is 0 Å². The topological polar surface area (TPSA) is 23.5 Å². The smallest absolute Gasteiger partial charge is 0.149 e. The van der Waals surface area contributed by atoms with Crippen LogP contribution in [-0.2, 0) is 0 Å². The quantitative estimate of drug-likeness (QED) is 0.576. The van der Waals surface area contributed by atoms with E-state index in [4.69, 9.17) is 0 Å². The first-order valence-electron chi connectivity index (χ1n) is 6.15. The van der Waals surface area contributed by atoms with Crippen LogP contribution >= 0.6 is 0 Å². The average molecular weight is 262 g/mol. The zero-order valence-electron chi connectivity index (χ0n) is 12.9. The van der Waals surface area contributed by atoms with Crippen LogP contribution in [0.25, 0.3) is 0 Å². The van der Waals surface area contributed by atoms with Crippen LogP contribution in [0.5, 0.6) is 0 Å². The molecule has 1 N–H and O–H groups in total. The standard InChI is InChI=1S/C12H31NOSi2/c1-11(2,3)15(7,8)13(14)16(9,10)12(4,5)6/h14H,1-10H3. The molecule has 16 heavy (non-hydrogen) atoms. The molecule has 0 atom stereocenters. The van der Waals surface area contributed by atoms with Crippen LogP contribution in [0.1, 0.15) is 41.5 Å². The summed E-state index contributed by atoms with van der Waals surface area (Å²) in [5.41, 5.74) is 0. The van der Waals surface area contributed by atoms with E-state index in [1.165, 1.54) is 0 Å². The van der Waals surface area contributed by atoms with Crippen molar-refractivity contribution in [1.29, 1.82) is 0 Å². The van der Waals surface area contributed by atoms with Gasteiger partial charge in [-0.3, -0.25) is 0 Å². The zero-order valence-corrected chi connectivity index (χ0v) is 14.9. The normalized spacial score (nSPS) is 15.8. The Balaban J connectivity index is 5.30. The highest BCUT2D eigenvalue weighted by molar-refractivity contribution is 6.92. The molecule has 0 radical (unpaired) electrons. The van der Waals surface area contributed by atoms with E-state index in [2.05, 4.69) is 67.7 Å². The highest BCUT2D eigenvalue weighted by atomic mass is 28.4. The Kier molecular flexibility index (Phi) is 4.32. The monoisotopic (exact) mass is 261 g/mol. The van der Waals surface area contributed by atoms with Gasteiger partial charge in [0.05, 0.1) is 0 Å². The molecule has 0 saturated carbocycles. The summed E-state index contributed by atoms with van der Waals surface area (Å²) in [6.07, 6.45) is 0. The molecule has 0 rings (SSSR count). The Morgan fingerprint density at radius 3 is 1.00 bits per heavy atom. The van der Waals surface area contributed by atoms with Gasteiger partial charge in [0.2, 0.25) is 0 Å². The third-order valence-electron chi connectivity index (χ3n) is 4.73. The Bertz CT molecular complexity index is 223. The molecular weight excluding hydrogens is 230 g/mol. The molecule has 0 saturated heterocycles. The maximum absolute atomic E-state index is 10.7. The minimum absolute atomic E-state index is 0.192. The van der Waals surface area contributed by atoms with E-state index in [1.54, 1.807) is 0 Å². The molecule has 0 unspecified atom stereocenters. The molecule has 0 heterocycles. The Labute approximate surface area is 104 Å². The molecule has 0 fully saturated rings. The second kappa shape index (κ2) is 4.23. The maximum atomic E-state index is 10.7. The lowest BCUT2D eigenvalue weighted by atomic mass is 10.2. The van der Waals surface area contributed by atoms with Crippen molar-refractivity contribution in [1.82, 2.24) is 4.39 Å². The molecule has 0 aliphatic rings. The summed E-state index contributed by atoms with van der Waals surface area (Å²) in [7, 11) is -3.61. The fourth-order valence-electron chi connectivity index (χ4n) is 1.33. The molecule has 4 heteroatoms. The zero-order chi connectivity index (χ0) is 13.6. The van der Waals surface area contributed by atoms with Gasteiger partial charge in [0.15, 0.2) is 0 Å². The molecular formula is C12H31NOSi2. The van der Waals surface area contributed by atoms with Crippen LogP contribution in [0.15, 0.2) is 0 Å². The van der Waals surface area contributed by atoms with Crippen molar-refractivity contribution in [2.45, 2.75) is 77.8 Å². The number of hydrogen-bond donors (Lipinski definition) is 1. The highest BCUT2D eigenvalue weighted by Crippen LogP contribution is 2.45. The van der Waals surface area contributed by atoms with Crippen molar-refractivity contribution < 1.29 is 5.21 Å². The van der Waals surface area contributed by atoms with Gasteiger partial charge in [-0.2, -0.15) is 0 Å². The lowest BCUT2D eigenvalue weighted by Gasteiger charge is -2.53. The second-order valence-electron chi connectivity index (χ2n) is 7.93. The fraction of sp³-hybridized carbons (Fsp3) is 1.00. The number of hydrogen-bond acceptors (Lipinski definition) is 2. The van der Waals surface area contributed by atoms with Gasteiger partial charge in [-0.25, -0.2) is 4.39 Å². The number of rotatable bonds is 2. The maximum Gasteiger partial charge on any atom is 0.149 e. The van der Waals surface area contributed by atoms with E-state index >= 15 is 0 Å². The van der Waals surface area contributed by atoms with Crippen molar-refractivity contribution in [3.8, 4) is 0 Å². The predicted octanol–water partition coefficient (Wildman–Crippen LogP) is 4.69. The summed E-state index contributed by atoms with van der Waals surface area (Å²) in [6, 6.07) is 0. The van der Waals surface area contributed by atoms with Crippen LogP contribution in [0, 0.1) is 0 Å². The first-order chi connectivity index (χ1) is 6.65. The van der Waals surface area contributed by atoms with Crippen molar-refractivity contribution in [3.05, 3.63) is 0 Å². The summed E-state index contributed by atoms with van der Waals surface area (Å²) in [5, 5.41) is 11.1. The van der Waals surface area contributed by atoms with E-state index < -0.39 is 16.5 Å². The first kappa shape index (κ1) is 16.4. The molecule has 0 bridgehead atoms. The van der Waals surface area contributed by atoms with Crippen LogP contribution in [-0.4, -0.2) is 26.1 Å².